The van der Waals surface area contributed by atoms with Crippen LogP contribution in [0.5, 0.6) is 0 Å². The SMILES string of the molecule is C[C@@H](Sc1nnc(CN2CCCC2)n1Cc1ccccc1)C(=O)NC1CC1. The molecule has 144 valence electrons. The molecular formula is C20H27N5OS. The van der Waals surface area contributed by atoms with Gasteiger partial charge in [-0.25, -0.2) is 0 Å². The maximum atomic E-state index is 12.4. The molecule has 1 amide bonds. The minimum Gasteiger partial charge on any atom is -0.352 e. The molecule has 1 N–H and O–H groups in total. The number of thioether (sulfide) groups is 1. The van der Waals surface area contributed by atoms with Gasteiger partial charge in [-0.3, -0.25) is 9.69 Å². The summed E-state index contributed by atoms with van der Waals surface area (Å²) < 4.78 is 2.18. The van der Waals surface area contributed by atoms with E-state index in [1.807, 2.05) is 13.0 Å². The second-order valence-corrected chi connectivity index (χ2v) is 8.80. The molecule has 2 aliphatic rings. The molecule has 0 spiro atoms. The van der Waals surface area contributed by atoms with Gasteiger partial charge in [0.25, 0.3) is 0 Å². The van der Waals surface area contributed by atoms with Crippen LogP contribution in [0.15, 0.2) is 35.5 Å². The highest BCUT2D eigenvalue weighted by atomic mass is 32.2. The number of carbonyl (C=O) groups is 1. The van der Waals surface area contributed by atoms with Crippen LogP contribution >= 0.6 is 11.8 Å². The predicted octanol–water partition coefficient (Wildman–Crippen LogP) is 2.68. The molecule has 2 heterocycles. The minimum atomic E-state index is -0.177. The standard InChI is InChI=1S/C20H27N5OS/c1-15(19(26)21-17-9-10-17)27-20-23-22-18(14-24-11-5-6-12-24)25(20)13-16-7-3-2-4-8-16/h2-4,7-8,15,17H,5-6,9-14H2,1H3,(H,21,26)/t15-/m1/s1. The second kappa shape index (κ2) is 8.44. The van der Waals surface area contributed by atoms with Gasteiger partial charge in [0.2, 0.25) is 5.91 Å². The van der Waals surface area contributed by atoms with Crippen molar-refractivity contribution in [3.8, 4) is 0 Å². The monoisotopic (exact) mass is 385 g/mol. The number of aromatic nitrogens is 3. The van der Waals surface area contributed by atoms with E-state index in [-0.39, 0.29) is 11.2 Å². The minimum absolute atomic E-state index is 0.0952. The highest BCUT2D eigenvalue weighted by Crippen LogP contribution is 2.26. The van der Waals surface area contributed by atoms with Gasteiger partial charge in [-0.05, 0) is 51.3 Å². The van der Waals surface area contributed by atoms with Gasteiger partial charge in [0.05, 0.1) is 18.3 Å². The molecule has 2 fully saturated rings. The molecule has 1 aromatic heterocycles. The smallest absolute Gasteiger partial charge is 0.233 e. The largest absolute Gasteiger partial charge is 0.352 e. The molecule has 27 heavy (non-hydrogen) atoms. The summed E-state index contributed by atoms with van der Waals surface area (Å²) in [5.41, 5.74) is 1.22. The van der Waals surface area contributed by atoms with E-state index in [0.29, 0.717) is 6.04 Å². The zero-order chi connectivity index (χ0) is 18.6. The van der Waals surface area contributed by atoms with Crippen molar-refractivity contribution < 1.29 is 4.79 Å². The molecule has 1 atom stereocenters. The average Bonchev–Trinajstić information content (AvgIpc) is 3.20. The number of nitrogens with zero attached hydrogens (tertiary/aromatic N) is 4. The van der Waals surface area contributed by atoms with Gasteiger partial charge in [-0.1, -0.05) is 42.1 Å². The molecule has 7 heteroatoms. The maximum Gasteiger partial charge on any atom is 0.233 e. The van der Waals surface area contributed by atoms with Crippen molar-refractivity contribution in [1.82, 2.24) is 25.0 Å². The fraction of sp³-hybridized carbons (Fsp3) is 0.550. The molecule has 1 saturated heterocycles. The van der Waals surface area contributed by atoms with Crippen molar-refractivity contribution in [1.29, 1.82) is 0 Å². The van der Waals surface area contributed by atoms with Gasteiger partial charge in [-0.2, -0.15) is 0 Å². The lowest BCUT2D eigenvalue weighted by atomic mass is 10.2. The van der Waals surface area contributed by atoms with E-state index >= 15 is 0 Å². The molecule has 0 bridgehead atoms. The first-order valence-electron chi connectivity index (χ1n) is 9.84. The summed E-state index contributed by atoms with van der Waals surface area (Å²) in [5.74, 6) is 1.08. The number of likely N-dealkylation sites (tertiary alicyclic amines) is 1. The first-order valence-corrected chi connectivity index (χ1v) is 10.7. The quantitative estimate of drug-likeness (QED) is 0.708. The maximum absolute atomic E-state index is 12.4. The van der Waals surface area contributed by atoms with Crippen molar-refractivity contribution in [2.45, 2.75) is 62.1 Å². The lowest BCUT2D eigenvalue weighted by Crippen LogP contribution is -2.32. The van der Waals surface area contributed by atoms with Crippen LogP contribution in [-0.2, 0) is 17.9 Å². The van der Waals surface area contributed by atoms with Crippen molar-refractivity contribution in [2.75, 3.05) is 13.1 Å². The topological polar surface area (TPSA) is 63.1 Å². The first-order chi connectivity index (χ1) is 13.2. The third kappa shape index (κ3) is 4.90. The molecule has 0 unspecified atom stereocenters. The summed E-state index contributed by atoms with van der Waals surface area (Å²) in [6.45, 7) is 5.76. The molecule has 2 aromatic rings. The van der Waals surface area contributed by atoms with Gasteiger partial charge in [-0.15, -0.1) is 10.2 Å². The summed E-state index contributed by atoms with van der Waals surface area (Å²) in [5, 5.41) is 12.7. The summed E-state index contributed by atoms with van der Waals surface area (Å²) in [6, 6.07) is 10.8. The number of rotatable bonds is 8. The summed E-state index contributed by atoms with van der Waals surface area (Å²) in [7, 11) is 0. The first kappa shape index (κ1) is 18.5. The van der Waals surface area contributed by atoms with E-state index in [4.69, 9.17) is 0 Å². The molecule has 1 aromatic carbocycles. The van der Waals surface area contributed by atoms with Gasteiger partial charge in [0, 0.05) is 6.04 Å². The Morgan fingerprint density at radius 2 is 1.93 bits per heavy atom. The van der Waals surface area contributed by atoms with E-state index in [9.17, 15) is 4.79 Å². The number of carbonyl (C=O) groups excluding carboxylic acids is 1. The van der Waals surface area contributed by atoms with E-state index in [1.165, 1.54) is 30.2 Å². The van der Waals surface area contributed by atoms with Crippen LogP contribution in [0.2, 0.25) is 0 Å². The number of hydrogen-bond donors (Lipinski definition) is 1. The van der Waals surface area contributed by atoms with Crippen molar-refractivity contribution in [2.24, 2.45) is 0 Å². The fourth-order valence-electron chi connectivity index (χ4n) is 3.35. The number of nitrogens with one attached hydrogen (secondary N) is 1. The van der Waals surface area contributed by atoms with Crippen molar-refractivity contribution in [3.05, 3.63) is 41.7 Å². The number of hydrogen-bond acceptors (Lipinski definition) is 5. The Balaban J connectivity index is 1.51. The second-order valence-electron chi connectivity index (χ2n) is 7.50. The Morgan fingerprint density at radius 3 is 2.63 bits per heavy atom. The van der Waals surface area contributed by atoms with Gasteiger partial charge in [0.1, 0.15) is 5.82 Å². The van der Waals surface area contributed by atoms with E-state index in [0.717, 1.165) is 50.0 Å². The third-order valence-corrected chi connectivity index (χ3v) is 6.20. The Hall–Kier alpha value is -1.86. The van der Waals surface area contributed by atoms with Crippen molar-refractivity contribution in [3.63, 3.8) is 0 Å². The zero-order valence-electron chi connectivity index (χ0n) is 15.8. The highest BCUT2D eigenvalue weighted by Gasteiger charge is 2.27. The van der Waals surface area contributed by atoms with E-state index in [1.54, 1.807) is 0 Å². The molecule has 6 nitrogen and oxygen atoms in total. The molecule has 0 radical (unpaired) electrons. The lowest BCUT2D eigenvalue weighted by Gasteiger charge is -2.17. The Kier molecular flexibility index (Phi) is 5.78. The van der Waals surface area contributed by atoms with Crippen LogP contribution in [0.3, 0.4) is 0 Å². The zero-order valence-corrected chi connectivity index (χ0v) is 16.6. The Bertz CT molecular complexity index is 768. The fourth-order valence-corrected chi connectivity index (χ4v) is 4.22. The summed E-state index contributed by atoms with van der Waals surface area (Å²) in [6.07, 6.45) is 4.72. The number of amides is 1. The van der Waals surface area contributed by atoms with Gasteiger partial charge < -0.3 is 9.88 Å². The molecule has 1 saturated carbocycles. The molecule has 1 aliphatic heterocycles. The normalized spacial score (nSPS) is 18.6. The van der Waals surface area contributed by atoms with Crippen LogP contribution in [0, 0.1) is 0 Å². The molecule has 4 rings (SSSR count). The van der Waals surface area contributed by atoms with Gasteiger partial charge >= 0.3 is 0 Å². The van der Waals surface area contributed by atoms with Crippen LogP contribution in [0.4, 0.5) is 0 Å². The summed E-state index contributed by atoms with van der Waals surface area (Å²) in [4.78, 5) is 14.8. The number of benzene rings is 1. The van der Waals surface area contributed by atoms with Crippen LogP contribution in [-0.4, -0.2) is 50.0 Å². The van der Waals surface area contributed by atoms with Crippen LogP contribution in [0.25, 0.3) is 0 Å². The summed E-state index contributed by atoms with van der Waals surface area (Å²) >= 11 is 1.50. The van der Waals surface area contributed by atoms with Gasteiger partial charge in [0.15, 0.2) is 5.16 Å². The van der Waals surface area contributed by atoms with E-state index < -0.39 is 0 Å². The Labute approximate surface area is 164 Å². The van der Waals surface area contributed by atoms with Crippen LogP contribution < -0.4 is 5.32 Å². The average molecular weight is 386 g/mol. The highest BCUT2D eigenvalue weighted by molar-refractivity contribution is 8.00. The molecule has 1 aliphatic carbocycles. The Morgan fingerprint density at radius 1 is 1.19 bits per heavy atom. The lowest BCUT2D eigenvalue weighted by molar-refractivity contribution is -0.120. The van der Waals surface area contributed by atoms with Crippen molar-refractivity contribution >= 4 is 17.7 Å². The molecular weight excluding hydrogens is 358 g/mol. The van der Waals surface area contributed by atoms with Crippen LogP contribution in [0.1, 0.15) is 44.0 Å². The third-order valence-electron chi connectivity index (χ3n) is 5.12. The predicted molar refractivity (Wildman–Crippen MR) is 107 cm³/mol. The van der Waals surface area contributed by atoms with E-state index in [2.05, 4.69) is 49.2 Å².